The van der Waals surface area contributed by atoms with Gasteiger partial charge in [-0.25, -0.2) is 0 Å². The molecule has 84 valence electrons. The number of hydrogen-bond acceptors (Lipinski definition) is 5. The van der Waals surface area contributed by atoms with Gasteiger partial charge in [0.05, 0.1) is 15.9 Å². The van der Waals surface area contributed by atoms with E-state index >= 15 is 0 Å². The zero-order valence-corrected chi connectivity index (χ0v) is 9.49. The van der Waals surface area contributed by atoms with Gasteiger partial charge in [-0.2, -0.15) is 5.26 Å². The molecule has 0 aromatic carbocycles. The van der Waals surface area contributed by atoms with Crippen molar-refractivity contribution in [2.24, 2.45) is 5.92 Å². The standard InChI is InChI=1S/C10H10N2O3S/c1-2-3-7(6-11)10(13)8-4-5-9(16-8)12(14)15/h4-5,7H,2-3H2,1H3. The van der Waals surface area contributed by atoms with Crippen LogP contribution in [-0.2, 0) is 0 Å². The first kappa shape index (κ1) is 12.3. The molecule has 1 atom stereocenters. The van der Waals surface area contributed by atoms with Crippen LogP contribution in [0.2, 0.25) is 0 Å². The highest BCUT2D eigenvalue weighted by molar-refractivity contribution is 7.17. The molecule has 6 heteroatoms. The number of nitriles is 1. The molecule has 1 aromatic rings. The smallest absolute Gasteiger partial charge is 0.292 e. The molecule has 0 aliphatic heterocycles. The van der Waals surface area contributed by atoms with E-state index in [0.717, 1.165) is 17.8 Å². The lowest BCUT2D eigenvalue weighted by Gasteiger charge is -2.02. The minimum atomic E-state index is -0.691. The second-order valence-corrected chi connectivity index (χ2v) is 4.29. The van der Waals surface area contributed by atoms with Gasteiger partial charge in [0.1, 0.15) is 5.92 Å². The van der Waals surface area contributed by atoms with Gasteiger partial charge in [0, 0.05) is 6.07 Å². The summed E-state index contributed by atoms with van der Waals surface area (Å²) >= 11 is 0.819. The van der Waals surface area contributed by atoms with Crippen LogP contribution in [-0.4, -0.2) is 10.7 Å². The lowest BCUT2D eigenvalue weighted by molar-refractivity contribution is -0.380. The Labute approximate surface area is 96.5 Å². The molecule has 0 aliphatic carbocycles. The van der Waals surface area contributed by atoms with Crippen molar-refractivity contribution >= 4 is 22.1 Å². The van der Waals surface area contributed by atoms with E-state index in [2.05, 4.69) is 0 Å². The number of rotatable bonds is 5. The van der Waals surface area contributed by atoms with Crippen LogP contribution < -0.4 is 0 Å². The summed E-state index contributed by atoms with van der Waals surface area (Å²) in [4.78, 5) is 22.0. The first-order valence-corrected chi connectivity index (χ1v) is 5.59. The molecule has 5 nitrogen and oxygen atoms in total. The fourth-order valence-electron chi connectivity index (χ4n) is 1.27. The first-order valence-electron chi connectivity index (χ1n) is 4.78. The fourth-order valence-corrected chi connectivity index (χ4v) is 2.09. The van der Waals surface area contributed by atoms with E-state index in [-0.39, 0.29) is 15.7 Å². The van der Waals surface area contributed by atoms with Gasteiger partial charge in [-0.1, -0.05) is 24.7 Å². The van der Waals surface area contributed by atoms with E-state index in [9.17, 15) is 14.9 Å². The average Bonchev–Trinajstić information content (AvgIpc) is 2.74. The summed E-state index contributed by atoms with van der Waals surface area (Å²) in [5.74, 6) is -1.01. The molecule has 0 amide bonds. The average molecular weight is 238 g/mol. The molecule has 0 fully saturated rings. The molecule has 0 N–H and O–H groups in total. The van der Waals surface area contributed by atoms with Crippen molar-refractivity contribution in [1.82, 2.24) is 0 Å². The number of nitrogens with zero attached hydrogens (tertiary/aromatic N) is 2. The van der Waals surface area contributed by atoms with Gasteiger partial charge < -0.3 is 0 Å². The van der Waals surface area contributed by atoms with E-state index in [1.165, 1.54) is 12.1 Å². The lowest BCUT2D eigenvalue weighted by Crippen LogP contribution is -2.11. The molecule has 0 radical (unpaired) electrons. The normalized spacial score (nSPS) is 11.8. The number of thiophene rings is 1. The molecular weight excluding hydrogens is 228 g/mol. The number of carbonyl (C=O) groups is 1. The highest BCUT2D eigenvalue weighted by Gasteiger charge is 2.22. The van der Waals surface area contributed by atoms with Crippen molar-refractivity contribution in [3.05, 3.63) is 27.1 Å². The Kier molecular flexibility index (Phi) is 4.14. The maximum atomic E-state index is 11.8. The molecule has 0 saturated heterocycles. The third-order valence-electron chi connectivity index (χ3n) is 2.06. The number of nitro groups is 1. The zero-order chi connectivity index (χ0) is 12.1. The van der Waals surface area contributed by atoms with Gasteiger partial charge in [-0.3, -0.25) is 14.9 Å². The largest absolute Gasteiger partial charge is 0.324 e. The van der Waals surface area contributed by atoms with Crippen LogP contribution in [0, 0.1) is 27.4 Å². The predicted molar refractivity (Wildman–Crippen MR) is 59.3 cm³/mol. The van der Waals surface area contributed by atoms with Crippen LogP contribution in [0.25, 0.3) is 0 Å². The molecule has 0 bridgehead atoms. The van der Waals surface area contributed by atoms with Gasteiger partial charge in [0.25, 0.3) is 0 Å². The summed E-state index contributed by atoms with van der Waals surface area (Å²) < 4.78 is 0. The Bertz CT molecular complexity index is 447. The monoisotopic (exact) mass is 238 g/mol. The maximum absolute atomic E-state index is 11.8. The summed E-state index contributed by atoms with van der Waals surface area (Å²) in [5, 5.41) is 19.2. The van der Waals surface area contributed by atoms with Crippen molar-refractivity contribution in [3.8, 4) is 6.07 Å². The van der Waals surface area contributed by atoms with Gasteiger partial charge >= 0.3 is 5.00 Å². The maximum Gasteiger partial charge on any atom is 0.324 e. The van der Waals surface area contributed by atoms with E-state index < -0.39 is 10.8 Å². The van der Waals surface area contributed by atoms with Crippen molar-refractivity contribution < 1.29 is 9.72 Å². The molecular formula is C10H10N2O3S. The minimum absolute atomic E-state index is 0.0726. The Hall–Kier alpha value is -1.74. The number of carbonyl (C=O) groups excluding carboxylic acids is 1. The van der Waals surface area contributed by atoms with Crippen molar-refractivity contribution in [2.75, 3.05) is 0 Å². The Morgan fingerprint density at radius 2 is 2.38 bits per heavy atom. The Morgan fingerprint density at radius 3 is 2.81 bits per heavy atom. The molecule has 1 aromatic heterocycles. The highest BCUT2D eigenvalue weighted by Crippen LogP contribution is 2.26. The number of hydrogen-bond donors (Lipinski definition) is 0. The summed E-state index contributed by atoms with van der Waals surface area (Å²) in [6, 6.07) is 4.62. The van der Waals surface area contributed by atoms with Crippen LogP contribution in [0.15, 0.2) is 12.1 Å². The molecule has 1 unspecified atom stereocenters. The summed E-state index contributed by atoms with van der Waals surface area (Å²) in [6.45, 7) is 1.88. The number of ketones is 1. The minimum Gasteiger partial charge on any atom is -0.292 e. The molecule has 1 rings (SSSR count). The second-order valence-electron chi connectivity index (χ2n) is 3.23. The summed E-state index contributed by atoms with van der Waals surface area (Å²) in [6.07, 6.45) is 1.22. The second kappa shape index (κ2) is 5.37. The molecule has 1 heterocycles. The van der Waals surface area contributed by atoms with Crippen molar-refractivity contribution in [1.29, 1.82) is 5.26 Å². The van der Waals surface area contributed by atoms with E-state index in [1.807, 2.05) is 13.0 Å². The van der Waals surface area contributed by atoms with Gasteiger partial charge in [-0.05, 0) is 12.5 Å². The quantitative estimate of drug-likeness (QED) is 0.448. The van der Waals surface area contributed by atoms with E-state index in [0.29, 0.717) is 6.42 Å². The van der Waals surface area contributed by atoms with Crippen LogP contribution in [0.3, 0.4) is 0 Å². The van der Waals surface area contributed by atoms with Gasteiger partial charge in [-0.15, -0.1) is 0 Å². The molecule has 0 saturated carbocycles. The van der Waals surface area contributed by atoms with Gasteiger partial charge in [0.2, 0.25) is 0 Å². The summed E-state index contributed by atoms with van der Waals surface area (Å²) in [7, 11) is 0. The number of Topliss-reactive ketones (excluding diaryl/α,β-unsaturated/α-hetero) is 1. The van der Waals surface area contributed by atoms with E-state index in [1.54, 1.807) is 0 Å². The lowest BCUT2D eigenvalue weighted by atomic mass is 9.99. The SMILES string of the molecule is CCCC(C#N)C(=O)c1ccc([N+](=O)[O-])s1. The molecule has 0 spiro atoms. The third-order valence-corrected chi connectivity index (χ3v) is 3.12. The molecule has 16 heavy (non-hydrogen) atoms. The Morgan fingerprint density at radius 1 is 1.69 bits per heavy atom. The predicted octanol–water partition coefficient (Wildman–Crippen LogP) is 2.78. The van der Waals surface area contributed by atoms with Crippen LogP contribution in [0.1, 0.15) is 29.4 Å². The van der Waals surface area contributed by atoms with Crippen molar-refractivity contribution in [3.63, 3.8) is 0 Å². The highest BCUT2D eigenvalue weighted by atomic mass is 32.1. The molecule has 0 aliphatic rings. The van der Waals surface area contributed by atoms with Crippen molar-refractivity contribution in [2.45, 2.75) is 19.8 Å². The van der Waals surface area contributed by atoms with Crippen LogP contribution in [0.4, 0.5) is 5.00 Å². The van der Waals surface area contributed by atoms with Crippen LogP contribution >= 0.6 is 11.3 Å². The first-order chi connectivity index (χ1) is 7.60. The van der Waals surface area contributed by atoms with E-state index in [4.69, 9.17) is 5.26 Å². The van der Waals surface area contributed by atoms with Crippen LogP contribution in [0.5, 0.6) is 0 Å². The fraction of sp³-hybridized carbons (Fsp3) is 0.400. The topological polar surface area (TPSA) is 84.0 Å². The summed E-state index contributed by atoms with van der Waals surface area (Å²) in [5.41, 5.74) is 0. The zero-order valence-electron chi connectivity index (χ0n) is 8.67. The third kappa shape index (κ3) is 2.64. The Balaban J connectivity index is 2.87. The van der Waals surface area contributed by atoms with Gasteiger partial charge in [0.15, 0.2) is 5.78 Å².